The predicted molar refractivity (Wildman–Crippen MR) is 61.5 cm³/mol. The summed E-state index contributed by atoms with van der Waals surface area (Å²) in [6.07, 6.45) is 2.92. The molecule has 0 aromatic heterocycles. The molecular formula is C12H18N2O. The van der Waals surface area contributed by atoms with Gasteiger partial charge in [0.2, 0.25) is 0 Å². The van der Waals surface area contributed by atoms with E-state index in [0.29, 0.717) is 11.7 Å². The van der Waals surface area contributed by atoms with Crippen molar-refractivity contribution in [1.82, 2.24) is 5.32 Å². The van der Waals surface area contributed by atoms with Crippen molar-refractivity contribution >= 4 is 5.69 Å². The molecule has 1 aromatic rings. The van der Waals surface area contributed by atoms with Crippen LogP contribution in [0.2, 0.25) is 0 Å². The minimum atomic E-state index is -0.403. The van der Waals surface area contributed by atoms with Crippen molar-refractivity contribution < 1.29 is 5.11 Å². The second-order valence-electron chi connectivity index (χ2n) is 4.20. The number of rotatable bonds is 5. The van der Waals surface area contributed by atoms with Gasteiger partial charge >= 0.3 is 0 Å². The topological polar surface area (TPSA) is 58.3 Å². The number of benzene rings is 1. The van der Waals surface area contributed by atoms with Gasteiger partial charge in [0.15, 0.2) is 0 Å². The van der Waals surface area contributed by atoms with E-state index in [1.807, 2.05) is 24.3 Å². The summed E-state index contributed by atoms with van der Waals surface area (Å²) in [7, 11) is 0. The lowest BCUT2D eigenvalue weighted by atomic mass is 10.1. The molecule has 1 aliphatic carbocycles. The molecule has 1 fully saturated rings. The summed E-state index contributed by atoms with van der Waals surface area (Å²) in [6, 6.07) is 8.17. The van der Waals surface area contributed by atoms with Crippen LogP contribution in [-0.4, -0.2) is 17.7 Å². The number of aliphatic hydroxyl groups is 1. The molecule has 1 aliphatic rings. The van der Waals surface area contributed by atoms with Crippen molar-refractivity contribution in [2.24, 2.45) is 0 Å². The van der Waals surface area contributed by atoms with E-state index >= 15 is 0 Å². The van der Waals surface area contributed by atoms with Gasteiger partial charge in [-0.25, -0.2) is 0 Å². The van der Waals surface area contributed by atoms with Gasteiger partial charge in [-0.3, -0.25) is 0 Å². The lowest BCUT2D eigenvalue weighted by Gasteiger charge is -2.11. The highest BCUT2D eigenvalue weighted by Gasteiger charge is 2.20. The minimum Gasteiger partial charge on any atom is -0.399 e. The average molecular weight is 206 g/mol. The van der Waals surface area contributed by atoms with Gasteiger partial charge in [-0.05, 0) is 43.5 Å². The fourth-order valence-corrected chi connectivity index (χ4v) is 1.64. The maximum absolute atomic E-state index is 9.88. The third kappa shape index (κ3) is 3.22. The van der Waals surface area contributed by atoms with Crippen LogP contribution in [-0.2, 0) is 0 Å². The molecule has 0 amide bonds. The molecule has 0 radical (unpaired) electrons. The summed E-state index contributed by atoms with van der Waals surface area (Å²) in [5.74, 6) is 0. The van der Waals surface area contributed by atoms with Crippen molar-refractivity contribution in [2.75, 3.05) is 12.3 Å². The SMILES string of the molecule is Nc1cccc(C(O)CCNC2CC2)c1. The first-order chi connectivity index (χ1) is 7.25. The Balaban J connectivity index is 1.80. The molecule has 0 spiro atoms. The second kappa shape index (κ2) is 4.64. The average Bonchev–Trinajstić information content (AvgIpc) is 3.01. The Morgan fingerprint density at radius 3 is 2.93 bits per heavy atom. The molecule has 1 unspecified atom stereocenters. The van der Waals surface area contributed by atoms with E-state index in [2.05, 4.69) is 5.32 Å². The highest BCUT2D eigenvalue weighted by molar-refractivity contribution is 5.41. The molecule has 0 bridgehead atoms. The maximum atomic E-state index is 9.88. The van der Waals surface area contributed by atoms with E-state index < -0.39 is 6.10 Å². The number of aliphatic hydroxyl groups excluding tert-OH is 1. The lowest BCUT2D eigenvalue weighted by Crippen LogP contribution is -2.19. The molecule has 3 heteroatoms. The fraction of sp³-hybridized carbons (Fsp3) is 0.500. The summed E-state index contributed by atoms with van der Waals surface area (Å²) in [6.45, 7) is 0.876. The normalized spacial score (nSPS) is 17.7. The van der Waals surface area contributed by atoms with Crippen LogP contribution < -0.4 is 11.1 Å². The van der Waals surface area contributed by atoms with E-state index in [0.717, 1.165) is 18.5 Å². The Morgan fingerprint density at radius 2 is 2.27 bits per heavy atom. The molecular weight excluding hydrogens is 188 g/mol. The summed E-state index contributed by atoms with van der Waals surface area (Å²) in [5.41, 5.74) is 7.28. The van der Waals surface area contributed by atoms with Gasteiger partial charge in [0.25, 0.3) is 0 Å². The van der Waals surface area contributed by atoms with E-state index in [9.17, 15) is 5.11 Å². The van der Waals surface area contributed by atoms with Gasteiger partial charge in [-0.2, -0.15) is 0 Å². The van der Waals surface area contributed by atoms with Gasteiger partial charge in [0.05, 0.1) is 6.10 Å². The molecule has 3 nitrogen and oxygen atoms in total. The Hall–Kier alpha value is -1.06. The zero-order valence-electron chi connectivity index (χ0n) is 8.82. The first-order valence-electron chi connectivity index (χ1n) is 5.52. The molecule has 4 N–H and O–H groups in total. The monoisotopic (exact) mass is 206 g/mol. The van der Waals surface area contributed by atoms with Crippen molar-refractivity contribution in [1.29, 1.82) is 0 Å². The van der Waals surface area contributed by atoms with Crippen LogP contribution in [0.4, 0.5) is 5.69 Å². The largest absolute Gasteiger partial charge is 0.399 e. The van der Waals surface area contributed by atoms with Gasteiger partial charge in [0, 0.05) is 11.7 Å². The number of anilines is 1. The van der Waals surface area contributed by atoms with E-state index in [-0.39, 0.29) is 0 Å². The van der Waals surface area contributed by atoms with Crippen LogP contribution in [0, 0.1) is 0 Å². The molecule has 1 atom stereocenters. The van der Waals surface area contributed by atoms with Crippen LogP contribution in [0.5, 0.6) is 0 Å². The van der Waals surface area contributed by atoms with Gasteiger partial charge in [-0.15, -0.1) is 0 Å². The minimum absolute atomic E-state index is 0.403. The van der Waals surface area contributed by atoms with E-state index in [1.165, 1.54) is 12.8 Å². The molecule has 15 heavy (non-hydrogen) atoms. The first kappa shape index (κ1) is 10.5. The van der Waals surface area contributed by atoms with Crippen LogP contribution in [0.15, 0.2) is 24.3 Å². The fourth-order valence-electron chi connectivity index (χ4n) is 1.64. The third-order valence-corrected chi connectivity index (χ3v) is 2.72. The summed E-state index contributed by atoms with van der Waals surface area (Å²) in [5, 5.41) is 13.3. The number of nitrogens with one attached hydrogen (secondary N) is 1. The Kier molecular flexibility index (Phi) is 3.23. The Labute approximate surface area is 90.3 Å². The Morgan fingerprint density at radius 1 is 1.47 bits per heavy atom. The van der Waals surface area contributed by atoms with Gasteiger partial charge < -0.3 is 16.2 Å². The lowest BCUT2D eigenvalue weighted by molar-refractivity contribution is 0.167. The molecule has 0 heterocycles. The van der Waals surface area contributed by atoms with Crippen molar-refractivity contribution in [3.8, 4) is 0 Å². The molecule has 0 aliphatic heterocycles. The van der Waals surface area contributed by atoms with Crippen molar-refractivity contribution in [3.05, 3.63) is 29.8 Å². The number of nitrogens with two attached hydrogens (primary N) is 1. The van der Waals surface area contributed by atoms with Crippen LogP contribution >= 0.6 is 0 Å². The zero-order chi connectivity index (χ0) is 10.7. The quantitative estimate of drug-likeness (QED) is 0.639. The van der Waals surface area contributed by atoms with Gasteiger partial charge in [-0.1, -0.05) is 12.1 Å². The first-order valence-corrected chi connectivity index (χ1v) is 5.52. The highest BCUT2D eigenvalue weighted by atomic mass is 16.3. The maximum Gasteiger partial charge on any atom is 0.0802 e. The summed E-state index contributed by atoms with van der Waals surface area (Å²) >= 11 is 0. The van der Waals surface area contributed by atoms with E-state index in [4.69, 9.17) is 5.73 Å². The standard InChI is InChI=1S/C12H18N2O/c13-10-3-1-2-9(8-10)12(15)6-7-14-11-4-5-11/h1-3,8,11-12,14-15H,4-7,13H2. The van der Waals surface area contributed by atoms with Crippen molar-refractivity contribution in [3.63, 3.8) is 0 Å². The summed E-state index contributed by atoms with van der Waals surface area (Å²) in [4.78, 5) is 0. The molecule has 1 aromatic carbocycles. The molecule has 1 saturated carbocycles. The summed E-state index contributed by atoms with van der Waals surface area (Å²) < 4.78 is 0. The van der Waals surface area contributed by atoms with Crippen LogP contribution in [0.3, 0.4) is 0 Å². The Bertz CT molecular complexity index is 323. The molecule has 82 valence electrons. The van der Waals surface area contributed by atoms with Crippen LogP contribution in [0.1, 0.15) is 30.9 Å². The second-order valence-corrected chi connectivity index (χ2v) is 4.20. The molecule has 0 saturated heterocycles. The molecule has 2 rings (SSSR count). The van der Waals surface area contributed by atoms with Gasteiger partial charge in [0.1, 0.15) is 0 Å². The predicted octanol–water partition coefficient (Wildman–Crippen LogP) is 1.44. The number of nitrogen functional groups attached to an aromatic ring is 1. The number of hydrogen-bond acceptors (Lipinski definition) is 3. The third-order valence-electron chi connectivity index (χ3n) is 2.72. The van der Waals surface area contributed by atoms with Crippen LogP contribution in [0.25, 0.3) is 0 Å². The zero-order valence-corrected chi connectivity index (χ0v) is 8.82. The highest BCUT2D eigenvalue weighted by Crippen LogP contribution is 2.21. The number of hydrogen-bond donors (Lipinski definition) is 3. The smallest absolute Gasteiger partial charge is 0.0802 e. The van der Waals surface area contributed by atoms with Crippen molar-refractivity contribution in [2.45, 2.75) is 31.4 Å². The van der Waals surface area contributed by atoms with E-state index in [1.54, 1.807) is 0 Å².